The van der Waals surface area contributed by atoms with Gasteiger partial charge >= 0.3 is 0 Å². The third kappa shape index (κ3) is 4.75. The van der Waals surface area contributed by atoms with Crippen molar-refractivity contribution in [1.29, 1.82) is 0 Å². The fraction of sp³-hybridized carbons (Fsp3) is 0.278. The predicted octanol–water partition coefficient (Wildman–Crippen LogP) is 4.90. The minimum absolute atomic E-state index is 0.0167. The van der Waals surface area contributed by atoms with E-state index in [0.29, 0.717) is 12.0 Å². The smallest absolute Gasteiger partial charge is 0.164 e. The molecule has 0 bridgehead atoms. The highest BCUT2D eigenvalue weighted by Gasteiger charge is 2.14. The van der Waals surface area contributed by atoms with Crippen LogP contribution in [0.3, 0.4) is 0 Å². The van der Waals surface area contributed by atoms with Gasteiger partial charge in [0.25, 0.3) is 0 Å². The van der Waals surface area contributed by atoms with Gasteiger partial charge in [-0.15, -0.1) is 0 Å². The van der Waals surface area contributed by atoms with Gasteiger partial charge in [0, 0.05) is 28.5 Å². The van der Waals surface area contributed by atoms with Gasteiger partial charge in [0.15, 0.2) is 5.78 Å². The van der Waals surface area contributed by atoms with Gasteiger partial charge in [-0.2, -0.15) is 0 Å². The number of carbonyl (C=O) groups is 1. The quantitative estimate of drug-likeness (QED) is 0.739. The molecule has 0 radical (unpaired) electrons. The summed E-state index contributed by atoms with van der Waals surface area (Å²) in [6.45, 7) is 4.05. The Hall–Kier alpha value is -1.52. The molecule has 4 heteroatoms. The van der Waals surface area contributed by atoms with Gasteiger partial charge in [0.1, 0.15) is 5.82 Å². The van der Waals surface area contributed by atoms with E-state index in [1.54, 1.807) is 0 Å². The molecule has 0 spiro atoms. The summed E-state index contributed by atoms with van der Waals surface area (Å²) >= 11 is 3.42. The van der Waals surface area contributed by atoms with Crippen LogP contribution in [0, 0.1) is 5.82 Å². The second-order valence-electron chi connectivity index (χ2n) is 5.48. The number of Topliss-reactive ketones (excluding diaryl/α,β-unsaturated/α-hetero) is 1. The molecule has 0 amide bonds. The molecule has 0 aliphatic rings. The lowest BCUT2D eigenvalue weighted by Crippen LogP contribution is -2.31. The molecule has 2 aromatic carbocycles. The number of ketones is 1. The zero-order valence-corrected chi connectivity index (χ0v) is 14.2. The van der Waals surface area contributed by atoms with E-state index in [0.717, 1.165) is 4.47 Å². The van der Waals surface area contributed by atoms with E-state index in [1.807, 2.05) is 19.1 Å². The lowest BCUT2D eigenvalue weighted by molar-refractivity contribution is 0.0970. The summed E-state index contributed by atoms with van der Waals surface area (Å²) in [5.74, 6) is -0.311. The summed E-state index contributed by atoms with van der Waals surface area (Å²) in [5.41, 5.74) is 1.72. The van der Waals surface area contributed by atoms with Crippen LogP contribution >= 0.6 is 15.9 Å². The van der Waals surface area contributed by atoms with E-state index in [2.05, 4.69) is 40.3 Å². The number of hydrogen-bond acceptors (Lipinski definition) is 2. The van der Waals surface area contributed by atoms with E-state index in [9.17, 15) is 9.18 Å². The number of benzene rings is 2. The van der Waals surface area contributed by atoms with Crippen LogP contribution in [0.1, 0.15) is 42.2 Å². The summed E-state index contributed by atoms with van der Waals surface area (Å²) < 4.78 is 13.9. The summed E-state index contributed by atoms with van der Waals surface area (Å²) in [6.07, 6.45) is 0.381. The number of rotatable bonds is 6. The van der Waals surface area contributed by atoms with Crippen molar-refractivity contribution in [2.45, 2.75) is 32.4 Å². The first-order valence-electron chi connectivity index (χ1n) is 7.26. The van der Waals surface area contributed by atoms with Gasteiger partial charge in [-0.05, 0) is 55.8 Å². The number of carbonyl (C=O) groups excluding carboxylic acids is 1. The first kappa shape index (κ1) is 16.8. The zero-order chi connectivity index (χ0) is 16.1. The van der Waals surface area contributed by atoms with Gasteiger partial charge in [0.05, 0.1) is 0 Å². The molecule has 0 aliphatic heterocycles. The van der Waals surface area contributed by atoms with Crippen LogP contribution in [0.25, 0.3) is 0 Å². The summed E-state index contributed by atoms with van der Waals surface area (Å²) in [7, 11) is 0. The average molecular weight is 364 g/mol. The molecular formula is C18H19BrFNO. The van der Waals surface area contributed by atoms with Crippen molar-refractivity contribution in [2.24, 2.45) is 0 Å². The van der Waals surface area contributed by atoms with Gasteiger partial charge in [-0.3, -0.25) is 4.79 Å². The maximum Gasteiger partial charge on any atom is 0.164 e. The van der Waals surface area contributed by atoms with Crippen molar-refractivity contribution in [1.82, 2.24) is 5.32 Å². The SMILES string of the molecule is C[C@H](CC(=O)c1ccc(F)cc1)N[C@@H](C)c1ccc(Br)cc1. The highest BCUT2D eigenvalue weighted by molar-refractivity contribution is 9.10. The molecule has 0 saturated carbocycles. The van der Waals surface area contributed by atoms with Crippen LogP contribution in [0.4, 0.5) is 4.39 Å². The predicted molar refractivity (Wildman–Crippen MR) is 90.5 cm³/mol. The largest absolute Gasteiger partial charge is 0.307 e. The van der Waals surface area contributed by atoms with Gasteiger partial charge in [-0.25, -0.2) is 4.39 Å². The van der Waals surface area contributed by atoms with Crippen molar-refractivity contribution in [3.8, 4) is 0 Å². The molecule has 22 heavy (non-hydrogen) atoms. The first-order valence-corrected chi connectivity index (χ1v) is 8.05. The molecule has 116 valence electrons. The highest BCUT2D eigenvalue weighted by atomic mass is 79.9. The normalized spacial score (nSPS) is 13.6. The van der Waals surface area contributed by atoms with Crippen LogP contribution < -0.4 is 5.32 Å². The third-order valence-corrected chi connectivity index (χ3v) is 4.09. The molecule has 2 rings (SSSR count). The molecule has 0 aromatic heterocycles. The molecule has 0 unspecified atom stereocenters. The van der Waals surface area contributed by atoms with Gasteiger partial charge < -0.3 is 5.32 Å². The minimum Gasteiger partial charge on any atom is -0.307 e. The molecule has 0 aliphatic carbocycles. The molecule has 1 N–H and O–H groups in total. The Morgan fingerprint density at radius 3 is 2.27 bits per heavy atom. The van der Waals surface area contributed by atoms with Crippen LogP contribution in [0.5, 0.6) is 0 Å². The third-order valence-electron chi connectivity index (χ3n) is 3.56. The Morgan fingerprint density at radius 1 is 1.09 bits per heavy atom. The maximum atomic E-state index is 12.9. The van der Waals surface area contributed by atoms with Gasteiger partial charge in [-0.1, -0.05) is 28.1 Å². The Bertz CT molecular complexity index is 625. The summed E-state index contributed by atoms with van der Waals surface area (Å²) in [4.78, 5) is 12.2. The Balaban J connectivity index is 1.91. The van der Waals surface area contributed by atoms with Crippen molar-refractivity contribution in [3.63, 3.8) is 0 Å². The fourth-order valence-electron chi connectivity index (χ4n) is 2.37. The minimum atomic E-state index is -0.327. The number of nitrogens with one attached hydrogen (secondary N) is 1. The lowest BCUT2D eigenvalue weighted by atomic mass is 10.0. The van der Waals surface area contributed by atoms with Gasteiger partial charge in [0.2, 0.25) is 0 Å². The molecule has 0 fully saturated rings. The second-order valence-corrected chi connectivity index (χ2v) is 6.39. The van der Waals surface area contributed by atoms with E-state index >= 15 is 0 Å². The lowest BCUT2D eigenvalue weighted by Gasteiger charge is -2.20. The molecule has 0 saturated heterocycles. The molecule has 2 nitrogen and oxygen atoms in total. The van der Waals surface area contributed by atoms with Crippen molar-refractivity contribution in [2.75, 3.05) is 0 Å². The molecular weight excluding hydrogens is 345 g/mol. The summed E-state index contributed by atoms with van der Waals surface area (Å²) in [5, 5.41) is 3.42. The highest BCUT2D eigenvalue weighted by Crippen LogP contribution is 2.18. The van der Waals surface area contributed by atoms with E-state index in [1.165, 1.54) is 29.8 Å². The first-order chi connectivity index (χ1) is 10.5. The molecule has 2 aromatic rings. The monoisotopic (exact) mass is 363 g/mol. The Morgan fingerprint density at radius 2 is 1.68 bits per heavy atom. The van der Waals surface area contributed by atoms with Crippen molar-refractivity contribution in [3.05, 3.63) is 69.9 Å². The number of halogens is 2. The van der Waals surface area contributed by atoms with Crippen LogP contribution in [0.2, 0.25) is 0 Å². The van der Waals surface area contributed by atoms with Crippen molar-refractivity contribution < 1.29 is 9.18 Å². The van der Waals surface area contributed by atoms with E-state index in [-0.39, 0.29) is 23.7 Å². The standard InChI is InChI=1S/C18H19BrFNO/c1-12(11-18(22)15-5-9-17(20)10-6-15)21-13(2)14-3-7-16(19)8-4-14/h3-10,12-13,21H,11H2,1-2H3/t12-,13+/m1/s1. The topological polar surface area (TPSA) is 29.1 Å². The van der Waals surface area contributed by atoms with Crippen LogP contribution in [-0.4, -0.2) is 11.8 Å². The van der Waals surface area contributed by atoms with Crippen LogP contribution in [0.15, 0.2) is 53.0 Å². The number of hydrogen-bond donors (Lipinski definition) is 1. The average Bonchev–Trinajstić information content (AvgIpc) is 2.48. The molecule has 2 atom stereocenters. The Labute approximate surface area is 138 Å². The second kappa shape index (κ2) is 7.65. The van der Waals surface area contributed by atoms with Crippen molar-refractivity contribution >= 4 is 21.7 Å². The van der Waals surface area contributed by atoms with E-state index in [4.69, 9.17) is 0 Å². The summed E-state index contributed by atoms with van der Waals surface area (Å²) in [6, 6.07) is 14.0. The molecule has 0 heterocycles. The fourth-order valence-corrected chi connectivity index (χ4v) is 2.63. The maximum absolute atomic E-state index is 12.9. The zero-order valence-electron chi connectivity index (χ0n) is 12.6. The van der Waals surface area contributed by atoms with E-state index < -0.39 is 0 Å². The Kier molecular flexibility index (Phi) is 5.86. The van der Waals surface area contributed by atoms with Crippen LogP contribution in [-0.2, 0) is 0 Å².